The number of benzene rings is 1. The average Bonchev–Trinajstić information content (AvgIpc) is 2.91. The summed E-state index contributed by atoms with van der Waals surface area (Å²) in [5.41, 5.74) is 2.01. The zero-order chi connectivity index (χ0) is 18.9. The number of para-hydroxylation sites is 2. The van der Waals surface area contributed by atoms with E-state index in [1.807, 2.05) is 24.3 Å². The summed E-state index contributed by atoms with van der Waals surface area (Å²) in [7, 11) is 0. The number of amides is 2. The first kappa shape index (κ1) is 19.4. The third-order valence-electron chi connectivity index (χ3n) is 5.15. The average molecular weight is 370 g/mol. The van der Waals surface area contributed by atoms with E-state index in [4.69, 9.17) is 0 Å². The third-order valence-corrected chi connectivity index (χ3v) is 5.15. The number of aromatic amines is 1. The van der Waals surface area contributed by atoms with E-state index in [1.165, 1.54) is 25.7 Å². The van der Waals surface area contributed by atoms with Crippen LogP contribution in [0.5, 0.6) is 0 Å². The summed E-state index contributed by atoms with van der Waals surface area (Å²) in [4.78, 5) is 31.8. The van der Waals surface area contributed by atoms with Crippen LogP contribution in [0.4, 0.5) is 0 Å². The Kier molecular flexibility index (Phi) is 7.25. The lowest BCUT2D eigenvalue weighted by molar-refractivity contribution is -0.126. The number of aryl methyl sites for hydroxylation is 1. The lowest BCUT2D eigenvalue weighted by Gasteiger charge is -2.16. The SMILES string of the molecule is O=C(CCC(=O)NC1CCCCCC1)NCCCc1nc2ccccc2[nH]1. The van der Waals surface area contributed by atoms with E-state index < -0.39 is 0 Å². The van der Waals surface area contributed by atoms with Crippen LogP contribution in [-0.2, 0) is 16.0 Å². The second-order valence-electron chi connectivity index (χ2n) is 7.41. The van der Waals surface area contributed by atoms with Gasteiger partial charge in [-0.1, -0.05) is 37.8 Å². The Labute approximate surface area is 160 Å². The minimum Gasteiger partial charge on any atom is -0.356 e. The Balaban J connectivity index is 1.28. The van der Waals surface area contributed by atoms with Crippen LogP contribution in [0.1, 0.15) is 63.6 Å². The van der Waals surface area contributed by atoms with Gasteiger partial charge in [-0.3, -0.25) is 9.59 Å². The standard InChI is InChI=1S/C21H30N4O2/c26-20(13-14-21(27)23-16-8-3-1-2-4-9-16)22-15-7-12-19-24-17-10-5-6-11-18(17)25-19/h5-6,10-11,16H,1-4,7-9,12-15H2,(H,22,26)(H,23,27)(H,24,25). The van der Waals surface area contributed by atoms with Crippen LogP contribution in [0.15, 0.2) is 24.3 Å². The minimum absolute atomic E-state index is 0.000624. The summed E-state index contributed by atoms with van der Waals surface area (Å²) in [5, 5.41) is 5.98. The minimum atomic E-state index is -0.0596. The number of carbonyl (C=O) groups is 2. The highest BCUT2D eigenvalue weighted by Crippen LogP contribution is 2.17. The van der Waals surface area contributed by atoms with Gasteiger partial charge in [-0.15, -0.1) is 0 Å². The van der Waals surface area contributed by atoms with Crippen molar-refractivity contribution in [2.75, 3.05) is 6.54 Å². The molecule has 27 heavy (non-hydrogen) atoms. The van der Waals surface area contributed by atoms with Gasteiger partial charge in [0.25, 0.3) is 0 Å². The third kappa shape index (κ3) is 6.38. The van der Waals surface area contributed by atoms with Crippen molar-refractivity contribution in [3.63, 3.8) is 0 Å². The van der Waals surface area contributed by atoms with Crippen molar-refractivity contribution in [2.45, 2.75) is 70.3 Å². The first-order valence-electron chi connectivity index (χ1n) is 10.2. The molecule has 1 saturated carbocycles. The van der Waals surface area contributed by atoms with Crippen molar-refractivity contribution in [3.05, 3.63) is 30.1 Å². The van der Waals surface area contributed by atoms with E-state index in [9.17, 15) is 9.59 Å². The number of hydrogen-bond acceptors (Lipinski definition) is 3. The van der Waals surface area contributed by atoms with Gasteiger partial charge in [-0.05, 0) is 31.4 Å². The van der Waals surface area contributed by atoms with Gasteiger partial charge in [0.1, 0.15) is 5.82 Å². The highest BCUT2D eigenvalue weighted by molar-refractivity contribution is 5.83. The predicted molar refractivity (Wildman–Crippen MR) is 106 cm³/mol. The van der Waals surface area contributed by atoms with Gasteiger partial charge in [0.05, 0.1) is 11.0 Å². The molecule has 0 bridgehead atoms. The molecule has 1 aliphatic rings. The number of nitrogens with zero attached hydrogens (tertiary/aromatic N) is 1. The Morgan fingerprint density at radius 1 is 1.04 bits per heavy atom. The molecular formula is C21H30N4O2. The molecule has 1 aromatic carbocycles. The van der Waals surface area contributed by atoms with E-state index in [2.05, 4.69) is 20.6 Å². The van der Waals surface area contributed by atoms with Crippen LogP contribution >= 0.6 is 0 Å². The highest BCUT2D eigenvalue weighted by Gasteiger charge is 2.15. The Morgan fingerprint density at radius 2 is 1.78 bits per heavy atom. The van der Waals surface area contributed by atoms with Crippen LogP contribution < -0.4 is 10.6 Å². The molecule has 146 valence electrons. The van der Waals surface area contributed by atoms with E-state index >= 15 is 0 Å². The molecule has 1 heterocycles. The maximum Gasteiger partial charge on any atom is 0.220 e. The first-order chi connectivity index (χ1) is 13.2. The number of carbonyl (C=O) groups excluding carboxylic acids is 2. The number of nitrogens with one attached hydrogen (secondary N) is 3. The second kappa shape index (κ2) is 10.1. The Hall–Kier alpha value is -2.37. The number of hydrogen-bond donors (Lipinski definition) is 3. The van der Waals surface area contributed by atoms with Crippen LogP contribution in [0, 0.1) is 0 Å². The number of fused-ring (bicyclic) bond motifs is 1. The summed E-state index contributed by atoms with van der Waals surface area (Å²) >= 11 is 0. The molecule has 0 unspecified atom stereocenters. The molecule has 0 aliphatic heterocycles. The molecule has 2 aromatic rings. The molecule has 6 heteroatoms. The zero-order valence-corrected chi connectivity index (χ0v) is 15.9. The fourth-order valence-electron chi connectivity index (χ4n) is 3.65. The predicted octanol–water partition coefficient (Wildman–Crippen LogP) is 3.23. The molecular weight excluding hydrogens is 340 g/mol. The summed E-state index contributed by atoms with van der Waals surface area (Å²) in [5.74, 6) is 0.878. The summed E-state index contributed by atoms with van der Waals surface area (Å²) < 4.78 is 0. The Morgan fingerprint density at radius 3 is 2.56 bits per heavy atom. The maximum atomic E-state index is 12.0. The van der Waals surface area contributed by atoms with Gasteiger partial charge >= 0.3 is 0 Å². The van der Waals surface area contributed by atoms with Gasteiger partial charge in [-0.25, -0.2) is 4.98 Å². The quantitative estimate of drug-likeness (QED) is 0.492. The first-order valence-corrected chi connectivity index (χ1v) is 10.2. The van der Waals surface area contributed by atoms with E-state index in [-0.39, 0.29) is 24.7 Å². The number of rotatable bonds is 8. The molecule has 0 radical (unpaired) electrons. The molecule has 0 spiro atoms. The zero-order valence-electron chi connectivity index (χ0n) is 15.9. The highest BCUT2D eigenvalue weighted by atomic mass is 16.2. The normalized spacial score (nSPS) is 15.4. The van der Waals surface area contributed by atoms with Crippen LogP contribution in [0.3, 0.4) is 0 Å². The van der Waals surface area contributed by atoms with Crippen molar-refractivity contribution in [2.24, 2.45) is 0 Å². The summed E-state index contributed by atoms with van der Waals surface area (Å²) in [6.07, 6.45) is 9.18. The van der Waals surface area contributed by atoms with Crippen molar-refractivity contribution in [1.29, 1.82) is 0 Å². The molecule has 0 saturated heterocycles. The fourth-order valence-corrected chi connectivity index (χ4v) is 3.65. The van der Waals surface area contributed by atoms with Gasteiger partial charge in [0.2, 0.25) is 11.8 Å². The van der Waals surface area contributed by atoms with E-state index in [0.717, 1.165) is 42.5 Å². The lowest BCUT2D eigenvalue weighted by Crippen LogP contribution is -2.35. The van der Waals surface area contributed by atoms with Gasteiger partial charge in [0.15, 0.2) is 0 Å². The number of imidazole rings is 1. The molecule has 3 rings (SSSR count). The van der Waals surface area contributed by atoms with E-state index in [1.54, 1.807) is 0 Å². The molecule has 1 fully saturated rings. The monoisotopic (exact) mass is 370 g/mol. The Bertz CT molecular complexity index is 714. The number of aromatic nitrogens is 2. The molecule has 3 N–H and O–H groups in total. The fraction of sp³-hybridized carbons (Fsp3) is 0.571. The molecule has 0 atom stereocenters. The van der Waals surface area contributed by atoms with Crippen molar-refractivity contribution < 1.29 is 9.59 Å². The molecule has 1 aliphatic carbocycles. The van der Waals surface area contributed by atoms with Crippen LogP contribution in [-0.4, -0.2) is 34.4 Å². The largest absolute Gasteiger partial charge is 0.356 e. The summed E-state index contributed by atoms with van der Waals surface area (Å²) in [6, 6.07) is 8.24. The van der Waals surface area contributed by atoms with E-state index in [0.29, 0.717) is 12.6 Å². The summed E-state index contributed by atoms with van der Waals surface area (Å²) in [6.45, 7) is 0.597. The molecule has 2 amide bonds. The number of H-pyrrole nitrogens is 1. The van der Waals surface area contributed by atoms with Crippen molar-refractivity contribution >= 4 is 22.8 Å². The van der Waals surface area contributed by atoms with Gasteiger partial charge in [0, 0.05) is 31.8 Å². The maximum absolute atomic E-state index is 12.0. The smallest absolute Gasteiger partial charge is 0.220 e. The molecule has 1 aromatic heterocycles. The van der Waals surface area contributed by atoms with Crippen molar-refractivity contribution in [1.82, 2.24) is 20.6 Å². The topological polar surface area (TPSA) is 86.9 Å². The lowest BCUT2D eigenvalue weighted by atomic mass is 10.1. The van der Waals surface area contributed by atoms with Gasteiger partial charge in [-0.2, -0.15) is 0 Å². The molecule has 6 nitrogen and oxygen atoms in total. The van der Waals surface area contributed by atoms with Crippen molar-refractivity contribution in [3.8, 4) is 0 Å². The second-order valence-corrected chi connectivity index (χ2v) is 7.41. The van der Waals surface area contributed by atoms with Crippen LogP contribution in [0.25, 0.3) is 11.0 Å². The van der Waals surface area contributed by atoms with Gasteiger partial charge < -0.3 is 15.6 Å². The van der Waals surface area contributed by atoms with Crippen LogP contribution in [0.2, 0.25) is 0 Å².